The summed E-state index contributed by atoms with van der Waals surface area (Å²) >= 11 is 2.83. The molecule has 2 N–H and O–H groups in total. The number of aliphatic hydroxyl groups is 1. The van der Waals surface area contributed by atoms with E-state index in [1.165, 1.54) is 0 Å². The van der Waals surface area contributed by atoms with Crippen LogP contribution < -0.4 is 5.32 Å². The van der Waals surface area contributed by atoms with Gasteiger partial charge in [-0.2, -0.15) is 0 Å². The Morgan fingerprint density at radius 2 is 2.06 bits per heavy atom. The number of hydrogen-bond acceptors (Lipinski definition) is 2. The van der Waals surface area contributed by atoms with E-state index in [0.717, 1.165) is 12.1 Å². The Morgan fingerprint density at radius 1 is 1.38 bits per heavy atom. The third-order valence-electron chi connectivity index (χ3n) is 1.85. The average Bonchev–Trinajstić information content (AvgIpc) is 2.23. The van der Waals surface area contributed by atoms with Crippen molar-refractivity contribution in [1.29, 1.82) is 0 Å². The van der Waals surface area contributed by atoms with Crippen LogP contribution in [-0.2, 0) is 4.79 Å². The first kappa shape index (κ1) is 13.1. The van der Waals surface area contributed by atoms with Crippen molar-refractivity contribution in [2.75, 3.05) is 11.9 Å². The van der Waals surface area contributed by atoms with Gasteiger partial charge in [0.05, 0.1) is 10.2 Å². The highest BCUT2D eigenvalue weighted by Crippen LogP contribution is 2.23. The number of rotatable bonds is 4. The first-order chi connectivity index (χ1) is 7.54. The molecule has 1 aromatic carbocycles. The fourth-order valence-corrected chi connectivity index (χ4v) is 1.39. The van der Waals surface area contributed by atoms with Gasteiger partial charge in [0.1, 0.15) is 11.6 Å². The second-order valence-electron chi connectivity index (χ2n) is 3.12. The number of amides is 1. The van der Waals surface area contributed by atoms with Crippen LogP contribution in [0.15, 0.2) is 16.6 Å². The summed E-state index contributed by atoms with van der Waals surface area (Å²) in [4.78, 5) is 11.2. The Balaban J connectivity index is 2.73. The fourth-order valence-electron chi connectivity index (χ4n) is 1.07. The predicted octanol–water partition coefficient (Wildman–Crippen LogP) is 2.44. The lowest BCUT2D eigenvalue weighted by Gasteiger charge is -2.06. The summed E-state index contributed by atoms with van der Waals surface area (Å²) < 4.78 is 26.3. The van der Waals surface area contributed by atoms with Crippen molar-refractivity contribution >= 4 is 27.5 Å². The third kappa shape index (κ3) is 3.53. The number of halogens is 3. The predicted molar refractivity (Wildman–Crippen MR) is 59.0 cm³/mol. The van der Waals surface area contributed by atoms with Gasteiger partial charge in [0.2, 0.25) is 5.91 Å². The summed E-state index contributed by atoms with van der Waals surface area (Å²) in [6.45, 7) is -0.120. The van der Waals surface area contributed by atoms with Crippen molar-refractivity contribution in [1.82, 2.24) is 0 Å². The summed E-state index contributed by atoms with van der Waals surface area (Å²) in [7, 11) is 0. The monoisotopic (exact) mass is 293 g/mol. The first-order valence-corrected chi connectivity index (χ1v) is 5.39. The second kappa shape index (κ2) is 5.91. The molecule has 0 spiro atoms. The molecule has 0 radical (unpaired) electrons. The molecule has 6 heteroatoms. The van der Waals surface area contributed by atoms with Crippen LogP contribution in [0.2, 0.25) is 0 Å². The minimum Gasteiger partial charge on any atom is -0.396 e. The number of anilines is 1. The Labute approximate surface area is 99.6 Å². The number of nitrogens with one attached hydrogen (secondary N) is 1. The maximum absolute atomic E-state index is 13.3. The van der Waals surface area contributed by atoms with E-state index in [1.807, 2.05) is 0 Å². The van der Waals surface area contributed by atoms with Gasteiger partial charge in [-0.3, -0.25) is 4.79 Å². The van der Waals surface area contributed by atoms with Gasteiger partial charge in [-0.15, -0.1) is 0 Å². The van der Waals surface area contributed by atoms with Crippen LogP contribution in [-0.4, -0.2) is 17.6 Å². The van der Waals surface area contributed by atoms with Gasteiger partial charge >= 0.3 is 0 Å². The molecular weight excluding hydrogens is 284 g/mol. The fraction of sp³-hybridized carbons (Fsp3) is 0.300. The number of aliphatic hydroxyl groups excluding tert-OH is 1. The Hall–Kier alpha value is -1.01. The summed E-state index contributed by atoms with van der Waals surface area (Å²) in [5.74, 6) is -1.83. The summed E-state index contributed by atoms with van der Waals surface area (Å²) in [5, 5.41) is 10.7. The van der Waals surface area contributed by atoms with Crippen molar-refractivity contribution in [2.24, 2.45) is 0 Å². The summed E-state index contributed by atoms with van der Waals surface area (Å²) in [6, 6.07) is 1.84. The molecule has 0 bridgehead atoms. The molecule has 0 saturated carbocycles. The highest BCUT2D eigenvalue weighted by Gasteiger charge is 2.10. The van der Waals surface area contributed by atoms with Gasteiger partial charge in [0.15, 0.2) is 0 Å². The molecule has 0 atom stereocenters. The van der Waals surface area contributed by atoms with Gasteiger partial charge in [-0.25, -0.2) is 8.78 Å². The molecule has 0 heterocycles. The molecule has 0 aliphatic carbocycles. The van der Waals surface area contributed by atoms with E-state index in [2.05, 4.69) is 21.2 Å². The molecule has 1 aromatic rings. The Morgan fingerprint density at radius 3 is 2.69 bits per heavy atom. The van der Waals surface area contributed by atoms with E-state index in [1.54, 1.807) is 0 Å². The van der Waals surface area contributed by atoms with Gasteiger partial charge in [-0.05, 0) is 28.4 Å². The molecule has 0 aliphatic heterocycles. The molecule has 0 saturated heterocycles. The smallest absolute Gasteiger partial charge is 0.224 e. The van der Waals surface area contributed by atoms with Crippen LogP contribution in [0.3, 0.4) is 0 Å². The topological polar surface area (TPSA) is 49.3 Å². The van der Waals surface area contributed by atoms with Crippen LogP contribution in [0.25, 0.3) is 0 Å². The lowest BCUT2D eigenvalue weighted by atomic mass is 10.2. The molecule has 1 amide bonds. The third-order valence-corrected chi connectivity index (χ3v) is 2.45. The summed E-state index contributed by atoms with van der Waals surface area (Å²) in [6.07, 6.45) is 0.347. The largest absolute Gasteiger partial charge is 0.396 e. The SMILES string of the molecule is O=C(CCCO)Nc1cc(F)c(Br)cc1F. The lowest BCUT2D eigenvalue weighted by molar-refractivity contribution is -0.116. The maximum atomic E-state index is 13.3. The standard InChI is InChI=1S/C10H10BrF2NO2/c11-6-4-8(13)9(5-7(6)12)14-10(16)2-1-3-15/h4-5,15H,1-3H2,(H,14,16). The molecular formula is C10H10BrF2NO2. The molecule has 0 unspecified atom stereocenters. The van der Waals surface area contributed by atoms with E-state index in [4.69, 9.17) is 5.11 Å². The number of hydrogen-bond donors (Lipinski definition) is 2. The van der Waals surface area contributed by atoms with E-state index >= 15 is 0 Å². The van der Waals surface area contributed by atoms with Crippen molar-refractivity contribution < 1.29 is 18.7 Å². The second-order valence-corrected chi connectivity index (χ2v) is 3.98. The van der Waals surface area contributed by atoms with E-state index in [0.29, 0.717) is 0 Å². The van der Waals surface area contributed by atoms with E-state index in [9.17, 15) is 13.6 Å². The lowest BCUT2D eigenvalue weighted by Crippen LogP contribution is -2.13. The molecule has 3 nitrogen and oxygen atoms in total. The van der Waals surface area contributed by atoms with Gasteiger partial charge in [0, 0.05) is 19.1 Å². The zero-order chi connectivity index (χ0) is 12.1. The van der Waals surface area contributed by atoms with Crippen molar-refractivity contribution in [2.45, 2.75) is 12.8 Å². The zero-order valence-electron chi connectivity index (χ0n) is 8.27. The van der Waals surface area contributed by atoms with E-state index < -0.39 is 17.5 Å². The molecule has 0 fully saturated rings. The average molecular weight is 294 g/mol. The van der Waals surface area contributed by atoms with Crippen LogP contribution >= 0.6 is 15.9 Å². The maximum Gasteiger partial charge on any atom is 0.224 e. The van der Waals surface area contributed by atoms with Gasteiger partial charge < -0.3 is 10.4 Å². The molecule has 88 valence electrons. The highest BCUT2D eigenvalue weighted by atomic mass is 79.9. The van der Waals surface area contributed by atoms with Crippen LogP contribution in [0.4, 0.5) is 14.5 Å². The van der Waals surface area contributed by atoms with Gasteiger partial charge in [0.25, 0.3) is 0 Å². The van der Waals surface area contributed by atoms with Crippen molar-refractivity contribution in [3.05, 3.63) is 28.2 Å². The molecule has 1 rings (SSSR count). The minimum absolute atomic E-state index is 0.00152. The highest BCUT2D eigenvalue weighted by molar-refractivity contribution is 9.10. The number of benzene rings is 1. The Kier molecular flexibility index (Phi) is 4.82. The van der Waals surface area contributed by atoms with E-state index in [-0.39, 0.29) is 29.6 Å². The first-order valence-electron chi connectivity index (χ1n) is 4.60. The summed E-state index contributed by atoms with van der Waals surface area (Å²) in [5.41, 5.74) is -0.205. The van der Waals surface area contributed by atoms with Gasteiger partial charge in [-0.1, -0.05) is 0 Å². The van der Waals surface area contributed by atoms with Crippen molar-refractivity contribution in [3.63, 3.8) is 0 Å². The quantitative estimate of drug-likeness (QED) is 0.838. The molecule has 0 aromatic heterocycles. The molecule has 0 aliphatic rings. The number of carbonyl (C=O) groups is 1. The number of carbonyl (C=O) groups excluding carboxylic acids is 1. The van der Waals surface area contributed by atoms with Crippen LogP contribution in [0.5, 0.6) is 0 Å². The Bertz CT molecular complexity index is 399. The zero-order valence-corrected chi connectivity index (χ0v) is 9.85. The van der Waals surface area contributed by atoms with Crippen LogP contribution in [0.1, 0.15) is 12.8 Å². The molecule has 16 heavy (non-hydrogen) atoms. The minimum atomic E-state index is -0.717. The van der Waals surface area contributed by atoms with Crippen molar-refractivity contribution in [3.8, 4) is 0 Å². The normalized spacial score (nSPS) is 10.2. The van der Waals surface area contributed by atoms with Crippen LogP contribution in [0, 0.1) is 11.6 Å².